The molecule has 1 unspecified atom stereocenters. The van der Waals surface area contributed by atoms with Crippen molar-refractivity contribution in [1.29, 1.82) is 0 Å². The second-order valence-electron chi connectivity index (χ2n) is 7.59. The molecule has 0 aliphatic carbocycles. The smallest absolute Gasteiger partial charge is 0.247 e. The van der Waals surface area contributed by atoms with E-state index < -0.39 is 10.0 Å². The van der Waals surface area contributed by atoms with Gasteiger partial charge in [0.15, 0.2) is 0 Å². The quantitative estimate of drug-likeness (QED) is 0.605. The average molecular weight is 457 g/mol. The van der Waals surface area contributed by atoms with Crippen LogP contribution in [0.2, 0.25) is 0 Å². The number of nitrogens with zero attached hydrogens (tertiary/aromatic N) is 3. The van der Waals surface area contributed by atoms with Crippen molar-refractivity contribution in [3.05, 3.63) is 54.4 Å². The van der Waals surface area contributed by atoms with Gasteiger partial charge in [0.1, 0.15) is 5.75 Å². The van der Waals surface area contributed by atoms with Crippen molar-refractivity contribution in [2.24, 2.45) is 0 Å². The summed E-state index contributed by atoms with van der Waals surface area (Å²) in [6.45, 7) is 2.08. The van der Waals surface area contributed by atoms with E-state index in [1.54, 1.807) is 25.3 Å². The standard InChI is InChI=1S/C22H24N4O5S/c1-15(27)23-18-8-10-20(11-9-18)32(28,29)26-12-4-6-17(14-26)22-25-24-21(31-22)16-5-3-7-19(13-16)30-2/h3,5,7-11,13,17H,4,6,12,14H2,1-2H3,(H,23,27). The molecule has 1 aromatic heterocycles. The van der Waals surface area contributed by atoms with E-state index >= 15 is 0 Å². The van der Waals surface area contributed by atoms with Crippen LogP contribution in [0.3, 0.4) is 0 Å². The van der Waals surface area contributed by atoms with Crippen molar-refractivity contribution in [1.82, 2.24) is 14.5 Å². The van der Waals surface area contributed by atoms with E-state index in [1.807, 2.05) is 18.2 Å². The summed E-state index contributed by atoms with van der Waals surface area (Å²) in [5.41, 5.74) is 1.28. The number of amides is 1. The Morgan fingerprint density at radius 2 is 1.97 bits per heavy atom. The van der Waals surface area contributed by atoms with E-state index in [1.165, 1.54) is 23.4 Å². The number of sulfonamides is 1. The number of carbonyl (C=O) groups is 1. The van der Waals surface area contributed by atoms with Gasteiger partial charge in [0.25, 0.3) is 0 Å². The minimum absolute atomic E-state index is 0.176. The Morgan fingerprint density at radius 3 is 2.69 bits per heavy atom. The molecule has 1 saturated heterocycles. The Bertz CT molecular complexity index is 1210. The number of piperidine rings is 1. The first-order valence-electron chi connectivity index (χ1n) is 10.2. The van der Waals surface area contributed by atoms with Crippen LogP contribution < -0.4 is 10.1 Å². The first kappa shape index (κ1) is 22.0. The lowest BCUT2D eigenvalue weighted by molar-refractivity contribution is -0.114. The molecule has 0 spiro atoms. The summed E-state index contributed by atoms with van der Waals surface area (Å²) in [5, 5.41) is 11.0. The van der Waals surface area contributed by atoms with Crippen LogP contribution in [0.15, 0.2) is 57.8 Å². The predicted molar refractivity (Wildman–Crippen MR) is 118 cm³/mol. The largest absolute Gasteiger partial charge is 0.497 e. The van der Waals surface area contributed by atoms with Crippen LogP contribution >= 0.6 is 0 Å². The highest BCUT2D eigenvalue weighted by atomic mass is 32.2. The number of benzene rings is 2. The molecule has 1 aliphatic heterocycles. The van der Waals surface area contributed by atoms with E-state index in [0.29, 0.717) is 36.2 Å². The van der Waals surface area contributed by atoms with Crippen LogP contribution in [-0.4, -0.2) is 49.0 Å². The van der Waals surface area contributed by atoms with Gasteiger partial charge in [-0.1, -0.05) is 6.07 Å². The number of nitrogens with one attached hydrogen (secondary N) is 1. The lowest BCUT2D eigenvalue weighted by atomic mass is 10.00. The molecule has 1 aliphatic rings. The van der Waals surface area contributed by atoms with Crippen molar-refractivity contribution in [2.75, 3.05) is 25.5 Å². The Balaban J connectivity index is 1.51. The monoisotopic (exact) mass is 456 g/mol. The molecule has 0 radical (unpaired) electrons. The molecule has 1 amide bonds. The van der Waals surface area contributed by atoms with Gasteiger partial charge in [-0.25, -0.2) is 8.42 Å². The number of hydrogen-bond donors (Lipinski definition) is 1. The van der Waals surface area contributed by atoms with E-state index in [2.05, 4.69) is 15.5 Å². The number of hydrogen-bond acceptors (Lipinski definition) is 7. The first-order valence-corrected chi connectivity index (χ1v) is 11.7. The van der Waals surface area contributed by atoms with Gasteiger partial charge in [-0.15, -0.1) is 10.2 Å². The van der Waals surface area contributed by atoms with Gasteiger partial charge in [-0.3, -0.25) is 4.79 Å². The molecule has 1 atom stereocenters. The highest BCUT2D eigenvalue weighted by molar-refractivity contribution is 7.89. The molecule has 2 aromatic carbocycles. The normalized spacial score (nSPS) is 17.1. The Morgan fingerprint density at radius 1 is 1.19 bits per heavy atom. The molecule has 168 valence electrons. The lowest BCUT2D eigenvalue weighted by Gasteiger charge is -2.30. The Labute approximate surface area is 186 Å². The third-order valence-corrected chi connectivity index (χ3v) is 7.18. The van der Waals surface area contributed by atoms with E-state index in [9.17, 15) is 13.2 Å². The number of anilines is 1. The summed E-state index contributed by atoms with van der Waals surface area (Å²) in [4.78, 5) is 11.3. The van der Waals surface area contributed by atoms with Crippen molar-refractivity contribution in [3.8, 4) is 17.2 Å². The minimum atomic E-state index is -3.69. The molecular weight excluding hydrogens is 432 g/mol. The zero-order chi connectivity index (χ0) is 22.7. The fourth-order valence-electron chi connectivity index (χ4n) is 3.70. The minimum Gasteiger partial charge on any atom is -0.497 e. The second kappa shape index (κ2) is 9.09. The van der Waals surface area contributed by atoms with Crippen LogP contribution in [0.4, 0.5) is 5.69 Å². The highest BCUT2D eigenvalue weighted by Gasteiger charge is 2.33. The predicted octanol–water partition coefficient (Wildman–Crippen LogP) is 3.27. The fraction of sp³-hybridized carbons (Fsp3) is 0.318. The summed E-state index contributed by atoms with van der Waals surface area (Å²) in [6, 6.07) is 13.5. The van der Waals surface area contributed by atoms with Crippen molar-refractivity contribution in [3.63, 3.8) is 0 Å². The molecule has 10 heteroatoms. The number of methoxy groups -OCH3 is 1. The zero-order valence-corrected chi connectivity index (χ0v) is 18.6. The number of carbonyl (C=O) groups excluding carboxylic acids is 1. The van der Waals surface area contributed by atoms with Gasteiger partial charge in [0.05, 0.1) is 17.9 Å². The van der Waals surface area contributed by atoms with Crippen LogP contribution in [0.25, 0.3) is 11.5 Å². The maximum Gasteiger partial charge on any atom is 0.247 e. The fourth-order valence-corrected chi connectivity index (χ4v) is 5.22. The summed E-state index contributed by atoms with van der Waals surface area (Å²) in [6.07, 6.45) is 1.44. The molecule has 1 N–H and O–H groups in total. The molecule has 1 fully saturated rings. The molecule has 0 saturated carbocycles. The first-order chi connectivity index (χ1) is 15.4. The number of ether oxygens (including phenoxy) is 1. The average Bonchev–Trinajstić information content (AvgIpc) is 3.30. The van der Waals surface area contributed by atoms with Crippen molar-refractivity contribution in [2.45, 2.75) is 30.6 Å². The van der Waals surface area contributed by atoms with Crippen LogP contribution in [0.5, 0.6) is 5.75 Å². The van der Waals surface area contributed by atoms with Crippen molar-refractivity contribution < 1.29 is 22.4 Å². The zero-order valence-electron chi connectivity index (χ0n) is 17.8. The number of rotatable bonds is 6. The summed E-state index contributed by atoms with van der Waals surface area (Å²) in [7, 11) is -2.10. The van der Waals surface area contributed by atoms with Crippen LogP contribution in [0.1, 0.15) is 31.6 Å². The van der Waals surface area contributed by atoms with Gasteiger partial charge < -0.3 is 14.5 Å². The molecule has 32 heavy (non-hydrogen) atoms. The van der Waals surface area contributed by atoms with Gasteiger partial charge in [-0.2, -0.15) is 4.31 Å². The van der Waals surface area contributed by atoms with Crippen LogP contribution in [0, 0.1) is 0 Å². The maximum absolute atomic E-state index is 13.2. The summed E-state index contributed by atoms with van der Waals surface area (Å²) < 4.78 is 38.9. The summed E-state index contributed by atoms with van der Waals surface area (Å²) >= 11 is 0. The third kappa shape index (κ3) is 4.66. The summed E-state index contributed by atoms with van der Waals surface area (Å²) in [5.74, 6) is 1.06. The van der Waals surface area contributed by atoms with Gasteiger partial charge in [0, 0.05) is 31.3 Å². The topological polar surface area (TPSA) is 115 Å². The molecule has 0 bridgehead atoms. The molecule has 3 aromatic rings. The Hall–Kier alpha value is -3.24. The lowest BCUT2D eigenvalue weighted by Crippen LogP contribution is -2.39. The van der Waals surface area contributed by atoms with E-state index in [4.69, 9.17) is 9.15 Å². The van der Waals surface area contributed by atoms with Crippen molar-refractivity contribution >= 4 is 21.6 Å². The molecule has 9 nitrogen and oxygen atoms in total. The van der Waals surface area contributed by atoms with E-state index in [-0.39, 0.29) is 23.3 Å². The van der Waals surface area contributed by atoms with Crippen LogP contribution in [-0.2, 0) is 14.8 Å². The molecule has 2 heterocycles. The van der Waals surface area contributed by atoms with Gasteiger partial charge in [0.2, 0.25) is 27.7 Å². The van der Waals surface area contributed by atoms with Gasteiger partial charge in [-0.05, 0) is 55.3 Å². The van der Waals surface area contributed by atoms with Gasteiger partial charge >= 0.3 is 0 Å². The highest BCUT2D eigenvalue weighted by Crippen LogP contribution is 2.32. The molecular formula is C22H24N4O5S. The number of aromatic nitrogens is 2. The SMILES string of the molecule is COc1cccc(-c2nnc(C3CCCN(S(=O)(=O)c4ccc(NC(C)=O)cc4)C3)o2)c1. The second-order valence-corrected chi connectivity index (χ2v) is 9.52. The van der Waals surface area contributed by atoms with E-state index in [0.717, 1.165) is 12.0 Å². The Kier molecular flexibility index (Phi) is 6.24. The maximum atomic E-state index is 13.2. The molecule has 4 rings (SSSR count). The third-order valence-electron chi connectivity index (χ3n) is 5.30.